The van der Waals surface area contributed by atoms with Gasteiger partial charge in [0.15, 0.2) is 5.76 Å². The largest absolute Gasteiger partial charge is 0.439 e. The maximum atomic E-state index is 13.0. The van der Waals surface area contributed by atoms with Crippen molar-refractivity contribution in [2.75, 3.05) is 10.6 Å². The van der Waals surface area contributed by atoms with Crippen LogP contribution >= 0.6 is 0 Å². The summed E-state index contributed by atoms with van der Waals surface area (Å²) < 4.78 is 44.1. The van der Waals surface area contributed by atoms with E-state index in [2.05, 4.69) is 4.98 Å². The van der Waals surface area contributed by atoms with E-state index in [-0.39, 0.29) is 18.3 Å². The van der Waals surface area contributed by atoms with E-state index < -0.39 is 10.0 Å². The summed E-state index contributed by atoms with van der Waals surface area (Å²) in [6, 6.07) is 13.8. The molecule has 0 aliphatic carbocycles. The Balaban J connectivity index is 1.88. The van der Waals surface area contributed by atoms with Crippen molar-refractivity contribution in [3.63, 3.8) is 0 Å². The van der Waals surface area contributed by atoms with E-state index in [1.807, 2.05) is 6.07 Å². The van der Waals surface area contributed by atoms with Crippen LogP contribution in [0.3, 0.4) is 0 Å². The van der Waals surface area contributed by atoms with Crippen molar-refractivity contribution in [2.24, 2.45) is 0 Å². The second kappa shape index (κ2) is 6.98. The van der Waals surface area contributed by atoms with E-state index in [0.717, 1.165) is 10.6 Å². The fourth-order valence-electron chi connectivity index (χ4n) is 2.36. The molecule has 0 amide bonds. The highest BCUT2D eigenvalue weighted by atomic mass is 32.2. The van der Waals surface area contributed by atoms with Gasteiger partial charge in [-0.15, -0.1) is 0 Å². The van der Waals surface area contributed by atoms with Gasteiger partial charge in [0.25, 0.3) is 0 Å². The lowest BCUT2D eigenvalue weighted by atomic mass is 10.2. The van der Waals surface area contributed by atoms with Crippen LogP contribution < -0.4 is 4.31 Å². The molecule has 0 unspecified atom stereocenters. The molecule has 1 heterocycles. The molecule has 0 atom stereocenters. The van der Waals surface area contributed by atoms with Gasteiger partial charge in [0.05, 0.1) is 29.8 Å². The average molecular weight is 371 g/mol. The summed E-state index contributed by atoms with van der Waals surface area (Å²) >= 11 is 0. The van der Waals surface area contributed by atoms with Crippen molar-refractivity contribution in [3.05, 3.63) is 72.0 Å². The Morgan fingerprint density at radius 1 is 1.15 bits per heavy atom. The summed E-state index contributed by atoms with van der Waals surface area (Å²) in [6.07, 6.45) is 2.54. The van der Waals surface area contributed by atoms with E-state index in [1.165, 1.54) is 30.5 Å². The van der Waals surface area contributed by atoms with Gasteiger partial charge in [0.2, 0.25) is 15.9 Å². The van der Waals surface area contributed by atoms with E-state index in [4.69, 9.17) is 9.68 Å². The van der Waals surface area contributed by atoms with Gasteiger partial charge < -0.3 is 4.42 Å². The molecule has 26 heavy (non-hydrogen) atoms. The van der Waals surface area contributed by atoms with E-state index in [0.29, 0.717) is 22.6 Å². The van der Waals surface area contributed by atoms with Crippen molar-refractivity contribution < 1.29 is 17.2 Å². The Kier molecular flexibility index (Phi) is 4.73. The highest BCUT2D eigenvalue weighted by molar-refractivity contribution is 7.92. The number of anilines is 1. The summed E-state index contributed by atoms with van der Waals surface area (Å²) in [4.78, 5) is 4.11. The molecule has 0 saturated carbocycles. The van der Waals surface area contributed by atoms with Crippen molar-refractivity contribution in [1.29, 1.82) is 5.26 Å². The third-order valence-electron chi connectivity index (χ3n) is 3.65. The molecule has 8 heteroatoms. The van der Waals surface area contributed by atoms with Gasteiger partial charge in [-0.25, -0.2) is 17.8 Å². The van der Waals surface area contributed by atoms with Gasteiger partial charge in [0, 0.05) is 5.56 Å². The first kappa shape index (κ1) is 17.6. The third kappa shape index (κ3) is 3.90. The molecule has 3 aromatic rings. The average Bonchev–Trinajstić information content (AvgIpc) is 3.08. The van der Waals surface area contributed by atoms with Crippen molar-refractivity contribution >= 4 is 15.7 Å². The summed E-state index contributed by atoms with van der Waals surface area (Å²) in [5.74, 6) is 0.241. The monoisotopic (exact) mass is 371 g/mol. The van der Waals surface area contributed by atoms with Crippen LogP contribution in [0.15, 0.2) is 59.1 Å². The molecule has 0 bridgehead atoms. The van der Waals surface area contributed by atoms with E-state index in [1.54, 1.807) is 24.3 Å². The summed E-state index contributed by atoms with van der Waals surface area (Å²) in [6.45, 7) is -0.105. The van der Waals surface area contributed by atoms with Crippen LogP contribution in [0.5, 0.6) is 0 Å². The lowest BCUT2D eigenvalue weighted by Gasteiger charge is -2.20. The predicted molar refractivity (Wildman–Crippen MR) is 94.1 cm³/mol. The SMILES string of the molecule is CS(=O)(=O)N(Cc1ncc(-c2ccc(F)cc2)o1)c1ccc(C#N)cc1. The number of hydrogen-bond acceptors (Lipinski definition) is 5. The van der Waals surface area contributed by atoms with Crippen LogP contribution in [0.1, 0.15) is 11.5 Å². The Bertz CT molecular complexity index is 1050. The number of sulfonamides is 1. The zero-order valence-electron chi connectivity index (χ0n) is 13.8. The Morgan fingerprint density at radius 2 is 1.81 bits per heavy atom. The Morgan fingerprint density at radius 3 is 2.38 bits per heavy atom. The standard InChI is InChI=1S/C18H14FN3O3S/c1-26(23,24)22(16-8-2-13(10-20)3-9-16)12-18-21-11-17(25-18)14-4-6-15(19)7-5-14/h2-9,11H,12H2,1H3. The van der Waals surface area contributed by atoms with Gasteiger partial charge in [0.1, 0.15) is 12.4 Å². The molecule has 2 aromatic carbocycles. The van der Waals surface area contributed by atoms with Crippen LogP contribution in [0.4, 0.5) is 10.1 Å². The molecular formula is C18H14FN3O3S. The van der Waals surface area contributed by atoms with Crippen molar-refractivity contribution in [3.8, 4) is 17.4 Å². The molecular weight excluding hydrogens is 357 g/mol. The Labute approximate surface area is 150 Å². The maximum Gasteiger partial charge on any atom is 0.232 e. The minimum Gasteiger partial charge on any atom is -0.439 e. The van der Waals surface area contributed by atoms with E-state index >= 15 is 0 Å². The van der Waals surface area contributed by atoms with Crippen LogP contribution in [-0.2, 0) is 16.6 Å². The smallest absolute Gasteiger partial charge is 0.232 e. The van der Waals surface area contributed by atoms with Crippen molar-refractivity contribution in [2.45, 2.75) is 6.54 Å². The molecule has 1 aromatic heterocycles. The zero-order chi connectivity index (χ0) is 18.7. The minimum atomic E-state index is -3.60. The number of oxazole rings is 1. The fraction of sp³-hybridized carbons (Fsp3) is 0.111. The number of aromatic nitrogens is 1. The first-order valence-corrected chi connectivity index (χ1v) is 9.40. The quantitative estimate of drug-likeness (QED) is 0.687. The number of hydrogen-bond donors (Lipinski definition) is 0. The van der Waals surface area contributed by atoms with Gasteiger partial charge in [-0.05, 0) is 48.5 Å². The predicted octanol–water partition coefficient (Wildman–Crippen LogP) is 3.32. The second-order valence-electron chi connectivity index (χ2n) is 5.55. The van der Waals surface area contributed by atoms with E-state index in [9.17, 15) is 12.8 Å². The lowest BCUT2D eigenvalue weighted by Crippen LogP contribution is -2.29. The highest BCUT2D eigenvalue weighted by Crippen LogP contribution is 2.24. The number of benzene rings is 2. The molecule has 0 fully saturated rings. The van der Waals surface area contributed by atoms with Crippen LogP contribution in [0.2, 0.25) is 0 Å². The molecule has 0 aliphatic heterocycles. The van der Waals surface area contributed by atoms with Crippen LogP contribution in [-0.4, -0.2) is 19.7 Å². The molecule has 0 spiro atoms. The first-order valence-electron chi connectivity index (χ1n) is 7.55. The minimum absolute atomic E-state index is 0.105. The third-order valence-corrected chi connectivity index (χ3v) is 4.79. The molecule has 6 nitrogen and oxygen atoms in total. The lowest BCUT2D eigenvalue weighted by molar-refractivity contribution is 0.506. The molecule has 3 rings (SSSR count). The first-order chi connectivity index (χ1) is 12.4. The topological polar surface area (TPSA) is 87.2 Å². The number of halogens is 1. The van der Waals surface area contributed by atoms with Crippen LogP contribution in [0, 0.1) is 17.1 Å². The highest BCUT2D eigenvalue weighted by Gasteiger charge is 2.20. The second-order valence-corrected chi connectivity index (χ2v) is 7.46. The summed E-state index contributed by atoms with van der Waals surface area (Å²) in [5, 5.41) is 8.86. The number of nitrogens with zero attached hydrogens (tertiary/aromatic N) is 3. The number of rotatable bonds is 5. The zero-order valence-corrected chi connectivity index (χ0v) is 14.6. The molecule has 0 radical (unpaired) electrons. The maximum absolute atomic E-state index is 13.0. The summed E-state index contributed by atoms with van der Waals surface area (Å²) in [7, 11) is -3.60. The van der Waals surface area contributed by atoms with Crippen LogP contribution in [0.25, 0.3) is 11.3 Å². The van der Waals surface area contributed by atoms with Gasteiger partial charge in [-0.1, -0.05) is 0 Å². The molecule has 0 aliphatic rings. The molecule has 0 saturated heterocycles. The number of nitriles is 1. The van der Waals surface area contributed by atoms with Crippen molar-refractivity contribution in [1.82, 2.24) is 4.98 Å². The normalized spacial score (nSPS) is 11.1. The van der Waals surface area contributed by atoms with Gasteiger partial charge in [-0.2, -0.15) is 5.26 Å². The summed E-state index contributed by atoms with van der Waals surface area (Å²) in [5.41, 5.74) is 1.46. The Hall–Kier alpha value is -3.18. The molecule has 0 N–H and O–H groups in total. The molecule has 132 valence electrons. The van der Waals surface area contributed by atoms with Gasteiger partial charge in [-0.3, -0.25) is 4.31 Å². The van der Waals surface area contributed by atoms with Gasteiger partial charge >= 0.3 is 0 Å². The fourth-order valence-corrected chi connectivity index (χ4v) is 3.21.